The molecule has 19 aromatic rings. The van der Waals surface area contributed by atoms with Crippen LogP contribution in [0.4, 0.5) is 34.1 Å². The van der Waals surface area contributed by atoms with Gasteiger partial charge in [-0.05, 0) is 130 Å². The van der Waals surface area contributed by atoms with Crippen LogP contribution < -0.4 is 9.80 Å². The van der Waals surface area contributed by atoms with Crippen molar-refractivity contribution in [2.45, 2.75) is 0 Å². The van der Waals surface area contributed by atoms with Gasteiger partial charge in [-0.2, -0.15) is 0 Å². The maximum atomic E-state index is 6.38. The number of fused-ring (bicyclic) bond motifs is 12. The van der Waals surface area contributed by atoms with Gasteiger partial charge in [-0.25, -0.2) is 0 Å². The topological polar surface area (TPSA) is 59.0 Å². The van der Waals surface area contributed by atoms with E-state index < -0.39 is 0 Å². The summed E-state index contributed by atoms with van der Waals surface area (Å²) >= 11 is 0. The van der Waals surface area contributed by atoms with E-state index in [9.17, 15) is 0 Å². The molecule has 0 aliphatic carbocycles. The summed E-state index contributed by atoms with van der Waals surface area (Å²) in [6, 6.07) is 123. The quantitative estimate of drug-likeness (QED) is 0.129. The average Bonchev–Trinajstić information content (AvgIpc) is 1.59. The fraction of sp³-hybridized carbons (Fsp3) is 0. The standard InChI is InChI=1S/C48H31NO2.C42H27NO2/c1-2-10-32(11-3-1)33-20-26-36(27-21-33)49(37-28-22-34(23-29-37)39-14-8-16-43-41-12-4-6-18-45(41)50-47(39)43)38-30-24-35(25-31-38)40-15-9-17-44-42-13-5-7-19-46(42)51-48(40)44;1-2-10-30(11-3-1)43(31-24-20-28(21-25-31)33-14-8-16-37-35-12-4-6-18-39(35)44-41(33)37)32-26-22-29(23-27-32)34-15-9-17-38-36-13-5-7-19-40(36)45-42(34)38/h1-31H;1-27H. The van der Waals surface area contributed by atoms with Crippen LogP contribution in [0.3, 0.4) is 0 Å². The summed E-state index contributed by atoms with van der Waals surface area (Å²) < 4.78 is 25.4. The number of benzene rings is 15. The lowest BCUT2D eigenvalue weighted by Crippen LogP contribution is -2.09. The molecule has 0 saturated heterocycles. The second kappa shape index (κ2) is 23.7. The summed E-state index contributed by atoms with van der Waals surface area (Å²) in [6.45, 7) is 0. The van der Waals surface area contributed by atoms with Crippen LogP contribution in [0.15, 0.2) is 370 Å². The van der Waals surface area contributed by atoms with E-state index in [1.165, 1.54) is 11.1 Å². The van der Waals surface area contributed by atoms with Crippen LogP contribution in [0.5, 0.6) is 0 Å². The molecule has 4 aromatic heterocycles. The second-order valence-corrected chi connectivity index (χ2v) is 24.2. The van der Waals surface area contributed by atoms with Gasteiger partial charge in [0.1, 0.15) is 44.7 Å². The largest absolute Gasteiger partial charge is 0.455 e. The number of hydrogen-bond donors (Lipinski definition) is 0. The Kier molecular flexibility index (Phi) is 13.8. The maximum Gasteiger partial charge on any atom is 0.143 e. The lowest BCUT2D eigenvalue weighted by Gasteiger charge is -2.26. The minimum absolute atomic E-state index is 0.904. The van der Waals surface area contributed by atoms with Crippen molar-refractivity contribution in [3.05, 3.63) is 352 Å². The highest BCUT2D eigenvalue weighted by atomic mass is 16.3. The number of hydrogen-bond acceptors (Lipinski definition) is 6. The molecule has 0 saturated carbocycles. The third kappa shape index (κ3) is 9.91. The van der Waals surface area contributed by atoms with Crippen LogP contribution in [-0.2, 0) is 0 Å². The Hall–Kier alpha value is -12.9. The molecule has 0 radical (unpaired) electrons. The van der Waals surface area contributed by atoms with Crippen molar-refractivity contribution in [3.8, 4) is 55.6 Å². The van der Waals surface area contributed by atoms with E-state index in [1.54, 1.807) is 0 Å². The van der Waals surface area contributed by atoms with E-state index >= 15 is 0 Å². The van der Waals surface area contributed by atoms with Gasteiger partial charge in [0, 0.05) is 99.5 Å². The van der Waals surface area contributed by atoms with Gasteiger partial charge in [-0.3, -0.25) is 0 Å². The van der Waals surface area contributed by atoms with E-state index in [0.29, 0.717) is 0 Å². The molecular weight excluding hydrogens is 1170 g/mol. The van der Waals surface area contributed by atoms with Crippen molar-refractivity contribution in [2.24, 2.45) is 0 Å². The second-order valence-electron chi connectivity index (χ2n) is 24.2. The summed E-state index contributed by atoms with van der Waals surface area (Å²) in [5.41, 5.74) is 24.9. The molecule has 0 aliphatic heterocycles. The molecule has 0 aliphatic rings. The fourth-order valence-corrected chi connectivity index (χ4v) is 14.0. The number of para-hydroxylation sites is 9. The van der Waals surface area contributed by atoms with Crippen LogP contribution in [0.1, 0.15) is 0 Å². The first-order chi connectivity index (χ1) is 47.6. The van der Waals surface area contributed by atoms with Crippen molar-refractivity contribution in [1.29, 1.82) is 0 Å². The molecule has 0 amide bonds. The summed E-state index contributed by atoms with van der Waals surface area (Å²) in [4.78, 5) is 4.60. The van der Waals surface area contributed by atoms with Gasteiger partial charge >= 0.3 is 0 Å². The molecular formula is C90H58N2O4. The highest BCUT2D eigenvalue weighted by molar-refractivity contribution is 6.13. The number of anilines is 6. The lowest BCUT2D eigenvalue weighted by atomic mass is 10.0. The number of furan rings is 4. The molecule has 6 heteroatoms. The van der Waals surface area contributed by atoms with Gasteiger partial charge in [0.05, 0.1) is 0 Å². The van der Waals surface area contributed by atoms with Crippen LogP contribution in [0, 0.1) is 0 Å². The minimum atomic E-state index is 0.904. The Morgan fingerprint density at radius 2 is 0.354 bits per heavy atom. The third-order valence-electron chi connectivity index (χ3n) is 18.6. The summed E-state index contributed by atoms with van der Waals surface area (Å²) in [5.74, 6) is 0. The Bertz CT molecular complexity index is 5730. The molecule has 452 valence electrons. The molecule has 6 nitrogen and oxygen atoms in total. The lowest BCUT2D eigenvalue weighted by molar-refractivity contribution is 0.669. The number of nitrogens with zero attached hydrogens (tertiary/aromatic N) is 2. The zero-order chi connectivity index (χ0) is 63.5. The van der Waals surface area contributed by atoms with Crippen molar-refractivity contribution in [3.63, 3.8) is 0 Å². The number of rotatable bonds is 11. The smallest absolute Gasteiger partial charge is 0.143 e. The molecule has 4 heterocycles. The van der Waals surface area contributed by atoms with E-state index in [2.05, 4.69) is 313 Å². The molecule has 0 fully saturated rings. The normalized spacial score (nSPS) is 11.5. The first kappa shape index (κ1) is 55.9. The molecule has 15 aromatic carbocycles. The van der Waals surface area contributed by atoms with E-state index in [1.807, 2.05) is 48.5 Å². The van der Waals surface area contributed by atoms with Crippen molar-refractivity contribution in [1.82, 2.24) is 0 Å². The molecule has 19 rings (SSSR count). The minimum Gasteiger partial charge on any atom is -0.455 e. The zero-order valence-electron chi connectivity index (χ0n) is 52.0. The van der Waals surface area contributed by atoms with Crippen molar-refractivity contribution >= 4 is 122 Å². The summed E-state index contributed by atoms with van der Waals surface area (Å²) in [6.07, 6.45) is 0. The highest BCUT2D eigenvalue weighted by Gasteiger charge is 2.21. The summed E-state index contributed by atoms with van der Waals surface area (Å²) in [7, 11) is 0. The van der Waals surface area contributed by atoms with Crippen molar-refractivity contribution in [2.75, 3.05) is 9.80 Å². The monoisotopic (exact) mass is 1230 g/mol. The predicted octanol–water partition coefficient (Wildman–Crippen LogP) is 26.2. The molecule has 0 unspecified atom stereocenters. The summed E-state index contributed by atoms with van der Waals surface area (Å²) in [5, 5.41) is 9.08. The van der Waals surface area contributed by atoms with Gasteiger partial charge in [0.25, 0.3) is 0 Å². The van der Waals surface area contributed by atoms with E-state index in [-0.39, 0.29) is 0 Å². The third-order valence-corrected chi connectivity index (χ3v) is 18.6. The molecule has 0 N–H and O–H groups in total. The first-order valence-electron chi connectivity index (χ1n) is 32.4. The van der Waals surface area contributed by atoms with Gasteiger partial charge in [-0.1, -0.05) is 255 Å². The van der Waals surface area contributed by atoms with Crippen LogP contribution >= 0.6 is 0 Å². The zero-order valence-corrected chi connectivity index (χ0v) is 52.0. The van der Waals surface area contributed by atoms with Gasteiger partial charge in [0.15, 0.2) is 0 Å². The Morgan fingerprint density at radius 1 is 0.146 bits per heavy atom. The first-order valence-corrected chi connectivity index (χ1v) is 32.4. The van der Waals surface area contributed by atoms with Crippen LogP contribution in [0.25, 0.3) is 143 Å². The molecule has 96 heavy (non-hydrogen) atoms. The van der Waals surface area contributed by atoms with Gasteiger partial charge in [0.2, 0.25) is 0 Å². The van der Waals surface area contributed by atoms with Gasteiger partial charge < -0.3 is 27.5 Å². The molecule has 0 atom stereocenters. The Balaban J connectivity index is 0.000000141. The SMILES string of the molecule is c1ccc(-c2ccc(N(c3ccc(-c4cccc5c4oc4ccccc45)cc3)c3ccc(-c4cccc5c4oc4ccccc45)cc3)cc2)cc1.c1ccc(N(c2ccc(-c3cccc4c3oc3ccccc34)cc2)c2ccc(-c3cccc4c3oc3ccccc34)cc2)cc1. The maximum absolute atomic E-state index is 6.38. The van der Waals surface area contributed by atoms with Crippen LogP contribution in [0.2, 0.25) is 0 Å². The van der Waals surface area contributed by atoms with E-state index in [0.717, 1.165) is 166 Å². The molecule has 0 bridgehead atoms. The van der Waals surface area contributed by atoms with Crippen LogP contribution in [-0.4, -0.2) is 0 Å². The van der Waals surface area contributed by atoms with E-state index in [4.69, 9.17) is 17.7 Å². The molecule has 0 spiro atoms. The average molecular weight is 1230 g/mol. The van der Waals surface area contributed by atoms with Crippen molar-refractivity contribution < 1.29 is 17.7 Å². The fourth-order valence-electron chi connectivity index (χ4n) is 14.0. The predicted molar refractivity (Wildman–Crippen MR) is 399 cm³/mol. The Morgan fingerprint density at radius 3 is 0.635 bits per heavy atom. The highest BCUT2D eigenvalue weighted by Crippen LogP contribution is 2.45. The van der Waals surface area contributed by atoms with Gasteiger partial charge in [-0.15, -0.1) is 0 Å². The Labute approximate surface area is 553 Å².